The molecule has 6 heteroatoms. The molecular weight excluding hydrogens is 394 g/mol. The summed E-state index contributed by atoms with van der Waals surface area (Å²) < 4.78 is 0.258. The van der Waals surface area contributed by atoms with Gasteiger partial charge in [-0.2, -0.15) is 11.8 Å². The van der Waals surface area contributed by atoms with E-state index < -0.39 is 0 Å². The van der Waals surface area contributed by atoms with E-state index in [-0.39, 0.29) is 17.3 Å². The summed E-state index contributed by atoms with van der Waals surface area (Å²) in [6.45, 7) is 4.30. The van der Waals surface area contributed by atoms with Crippen molar-refractivity contribution in [3.05, 3.63) is 58.8 Å². The van der Waals surface area contributed by atoms with Gasteiger partial charge in [0.05, 0.1) is 12.2 Å². The van der Waals surface area contributed by atoms with E-state index in [4.69, 9.17) is 0 Å². The van der Waals surface area contributed by atoms with Crippen LogP contribution in [-0.4, -0.2) is 44.5 Å². The summed E-state index contributed by atoms with van der Waals surface area (Å²) >= 11 is 2.08. The van der Waals surface area contributed by atoms with Crippen LogP contribution in [0.3, 0.4) is 0 Å². The van der Waals surface area contributed by atoms with Crippen molar-refractivity contribution >= 4 is 23.5 Å². The summed E-state index contributed by atoms with van der Waals surface area (Å²) in [5.41, 5.74) is 3.76. The smallest absolute Gasteiger partial charge is 0.257 e. The Balaban J connectivity index is 1.47. The highest BCUT2D eigenvalue weighted by Gasteiger charge is 2.39. The molecule has 0 radical (unpaired) electrons. The number of anilines is 1. The quantitative estimate of drug-likeness (QED) is 0.744. The molecule has 0 unspecified atom stereocenters. The van der Waals surface area contributed by atoms with E-state index in [1.165, 1.54) is 32.1 Å². The third-order valence-electron chi connectivity index (χ3n) is 6.38. The van der Waals surface area contributed by atoms with E-state index in [9.17, 15) is 9.90 Å². The topological polar surface area (TPSA) is 65.5 Å². The van der Waals surface area contributed by atoms with E-state index in [0.29, 0.717) is 17.9 Å². The van der Waals surface area contributed by atoms with Crippen molar-refractivity contribution in [3.8, 4) is 0 Å². The normalized spacial score (nSPS) is 18.4. The Morgan fingerprint density at radius 1 is 1.27 bits per heavy atom. The standard InChI is InChI=1S/C24H31N3O2S/c1-18-14-19(7-8-20(18)16-28)15-26-22-21(6-5-11-25-22)23(29)27-12-13-30-24(17-27)9-3-2-4-10-24/h5-8,11,14,28H,2-4,9-10,12-13,15-17H2,1H3,(H,25,26). The maximum atomic E-state index is 13.4. The lowest BCUT2D eigenvalue weighted by molar-refractivity contribution is 0.0730. The van der Waals surface area contributed by atoms with Gasteiger partial charge in [0.1, 0.15) is 5.82 Å². The number of carbonyl (C=O) groups is 1. The number of rotatable bonds is 5. The van der Waals surface area contributed by atoms with Crippen LogP contribution in [0.1, 0.15) is 59.2 Å². The van der Waals surface area contributed by atoms with Crippen LogP contribution >= 0.6 is 11.8 Å². The number of aliphatic hydroxyl groups is 1. The lowest BCUT2D eigenvalue weighted by Crippen LogP contribution is -2.50. The zero-order valence-corrected chi connectivity index (χ0v) is 18.5. The average Bonchev–Trinajstić information content (AvgIpc) is 2.78. The molecule has 5 nitrogen and oxygen atoms in total. The second-order valence-electron chi connectivity index (χ2n) is 8.49. The second-order valence-corrected chi connectivity index (χ2v) is 10.1. The monoisotopic (exact) mass is 425 g/mol. The fourth-order valence-corrected chi connectivity index (χ4v) is 6.21. The molecule has 160 valence electrons. The SMILES string of the molecule is Cc1cc(CNc2ncccc2C(=O)N2CCSC3(CCCCC3)C2)ccc1CO. The van der Waals surface area contributed by atoms with Gasteiger partial charge < -0.3 is 15.3 Å². The molecule has 2 N–H and O–H groups in total. The first-order chi connectivity index (χ1) is 14.6. The molecule has 1 saturated carbocycles. The molecule has 4 rings (SSSR count). The second kappa shape index (κ2) is 9.40. The Labute approximate surface area is 183 Å². The lowest BCUT2D eigenvalue weighted by atomic mass is 9.87. The molecule has 30 heavy (non-hydrogen) atoms. The number of carbonyl (C=O) groups excluding carboxylic acids is 1. The van der Waals surface area contributed by atoms with Crippen molar-refractivity contribution in [1.29, 1.82) is 0 Å². The maximum absolute atomic E-state index is 13.4. The first-order valence-electron chi connectivity index (χ1n) is 10.9. The summed E-state index contributed by atoms with van der Waals surface area (Å²) in [4.78, 5) is 19.9. The van der Waals surface area contributed by atoms with Gasteiger partial charge in [-0.15, -0.1) is 0 Å². The Morgan fingerprint density at radius 2 is 2.10 bits per heavy atom. The largest absolute Gasteiger partial charge is 0.392 e. The fourth-order valence-electron chi connectivity index (χ4n) is 4.64. The van der Waals surface area contributed by atoms with Gasteiger partial charge in [0.25, 0.3) is 5.91 Å². The van der Waals surface area contributed by atoms with Crippen LogP contribution in [0.15, 0.2) is 36.5 Å². The van der Waals surface area contributed by atoms with E-state index in [1.807, 2.05) is 36.1 Å². The number of hydrogen-bond donors (Lipinski definition) is 2. The van der Waals surface area contributed by atoms with E-state index >= 15 is 0 Å². The summed E-state index contributed by atoms with van der Waals surface area (Å²) in [5.74, 6) is 1.75. The van der Waals surface area contributed by atoms with E-state index in [2.05, 4.69) is 28.1 Å². The molecule has 2 fully saturated rings. The highest BCUT2D eigenvalue weighted by Crippen LogP contribution is 2.43. The van der Waals surface area contributed by atoms with E-state index in [0.717, 1.165) is 35.5 Å². The number of thioether (sulfide) groups is 1. The van der Waals surface area contributed by atoms with Gasteiger partial charge in [0.2, 0.25) is 0 Å². The van der Waals surface area contributed by atoms with Crippen molar-refractivity contribution in [2.24, 2.45) is 0 Å². The highest BCUT2D eigenvalue weighted by atomic mass is 32.2. The fraction of sp³-hybridized carbons (Fsp3) is 0.500. The molecular formula is C24H31N3O2S. The minimum absolute atomic E-state index is 0.0496. The maximum Gasteiger partial charge on any atom is 0.257 e. The number of hydrogen-bond acceptors (Lipinski definition) is 5. The van der Waals surface area contributed by atoms with Crippen molar-refractivity contribution in [1.82, 2.24) is 9.88 Å². The van der Waals surface area contributed by atoms with Crippen LogP contribution < -0.4 is 5.32 Å². The average molecular weight is 426 g/mol. The Hall–Kier alpha value is -2.05. The molecule has 2 aliphatic rings. The number of benzene rings is 1. The highest BCUT2D eigenvalue weighted by molar-refractivity contribution is 8.00. The van der Waals surface area contributed by atoms with Gasteiger partial charge in [-0.1, -0.05) is 37.5 Å². The van der Waals surface area contributed by atoms with Crippen molar-refractivity contribution in [3.63, 3.8) is 0 Å². The minimum atomic E-state index is 0.0496. The van der Waals surface area contributed by atoms with Crippen LogP contribution in [0.2, 0.25) is 0 Å². The van der Waals surface area contributed by atoms with Crippen LogP contribution in [0.4, 0.5) is 5.82 Å². The zero-order valence-electron chi connectivity index (χ0n) is 17.7. The first kappa shape index (κ1) is 21.2. The number of aliphatic hydroxyl groups excluding tert-OH is 1. The third-order valence-corrected chi connectivity index (χ3v) is 7.91. The Kier molecular flexibility index (Phi) is 6.64. The minimum Gasteiger partial charge on any atom is -0.392 e. The van der Waals surface area contributed by atoms with Crippen LogP contribution in [-0.2, 0) is 13.2 Å². The summed E-state index contributed by atoms with van der Waals surface area (Å²) in [5, 5.41) is 12.7. The molecule has 2 heterocycles. The van der Waals surface area contributed by atoms with Crippen molar-refractivity contribution in [2.45, 2.75) is 56.9 Å². The van der Waals surface area contributed by atoms with Crippen molar-refractivity contribution < 1.29 is 9.90 Å². The number of amides is 1. The summed E-state index contributed by atoms with van der Waals surface area (Å²) in [6.07, 6.45) is 8.07. The Morgan fingerprint density at radius 3 is 2.87 bits per heavy atom. The number of nitrogens with one attached hydrogen (secondary N) is 1. The first-order valence-corrected chi connectivity index (χ1v) is 11.9. The zero-order chi connectivity index (χ0) is 21.0. The molecule has 1 saturated heterocycles. The molecule has 1 aromatic heterocycles. The molecule has 0 bridgehead atoms. The lowest BCUT2D eigenvalue weighted by Gasteiger charge is -2.44. The third kappa shape index (κ3) is 4.65. The summed E-state index contributed by atoms with van der Waals surface area (Å²) in [7, 11) is 0. The summed E-state index contributed by atoms with van der Waals surface area (Å²) in [6, 6.07) is 9.74. The molecule has 1 spiro atoms. The molecule has 1 aliphatic carbocycles. The number of aryl methyl sites for hydroxylation is 1. The van der Waals surface area contributed by atoms with Gasteiger partial charge in [0.15, 0.2) is 0 Å². The number of nitrogens with zero attached hydrogens (tertiary/aromatic N) is 2. The van der Waals surface area contributed by atoms with Crippen molar-refractivity contribution in [2.75, 3.05) is 24.2 Å². The number of aromatic nitrogens is 1. The van der Waals surface area contributed by atoms with Crippen LogP contribution in [0, 0.1) is 6.92 Å². The van der Waals surface area contributed by atoms with Gasteiger partial charge in [0, 0.05) is 36.3 Å². The van der Waals surface area contributed by atoms with Gasteiger partial charge in [-0.05, 0) is 48.6 Å². The van der Waals surface area contributed by atoms with Gasteiger partial charge in [-0.25, -0.2) is 4.98 Å². The number of pyridine rings is 1. The predicted octanol–water partition coefficient (Wildman–Crippen LogP) is 4.39. The van der Waals surface area contributed by atoms with Crippen LogP contribution in [0.25, 0.3) is 0 Å². The van der Waals surface area contributed by atoms with E-state index in [1.54, 1.807) is 6.20 Å². The van der Waals surface area contributed by atoms with Gasteiger partial charge in [-0.3, -0.25) is 4.79 Å². The Bertz CT molecular complexity index is 890. The van der Waals surface area contributed by atoms with Gasteiger partial charge >= 0.3 is 0 Å². The van der Waals surface area contributed by atoms with Crippen LogP contribution in [0.5, 0.6) is 0 Å². The predicted molar refractivity (Wildman–Crippen MR) is 123 cm³/mol. The molecule has 0 atom stereocenters. The molecule has 1 amide bonds. The molecule has 2 aromatic rings. The molecule has 1 aromatic carbocycles. The molecule has 1 aliphatic heterocycles.